The number of hydrogen-bond donors (Lipinski definition) is 0. The summed E-state index contributed by atoms with van der Waals surface area (Å²) in [6.07, 6.45) is 0. The predicted octanol–water partition coefficient (Wildman–Crippen LogP) is 11.2. The van der Waals surface area contributed by atoms with Crippen molar-refractivity contribution in [1.82, 2.24) is 49.1 Å². The van der Waals surface area contributed by atoms with Gasteiger partial charge in [-0.25, -0.2) is 8.78 Å². The maximum absolute atomic E-state index is 13.4. The SMILES string of the molecule is Cn1c(SCC(=O)c2ccc(Cl)cc2)nnc1-c1cc(C(C)(C)C)nn1Cc1ccc(F)cc1.Cn1c(SCc2ccccc2)nnc1-c1cc(C(C)(C)C)nn1Cc1ccc(F)cc1. The van der Waals surface area contributed by atoms with Crippen LogP contribution in [0, 0.1) is 11.6 Å². The first-order valence-electron chi connectivity index (χ1n) is 21.0. The van der Waals surface area contributed by atoms with E-state index in [1.54, 1.807) is 60.3 Å². The van der Waals surface area contributed by atoms with Gasteiger partial charge in [0.1, 0.15) is 23.0 Å². The molecule has 0 spiro atoms. The van der Waals surface area contributed by atoms with E-state index in [9.17, 15) is 13.6 Å². The van der Waals surface area contributed by atoms with Crippen LogP contribution in [0.1, 0.15) is 80.0 Å². The molecule has 65 heavy (non-hydrogen) atoms. The van der Waals surface area contributed by atoms with Gasteiger partial charge < -0.3 is 9.13 Å². The average molecular weight is 934 g/mol. The molecule has 0 amide bonds. The molecule has 0 bridgehead atoms. The minimum absolute atomic E-state index is 0.0115. The number of nitrogens with zero attached hydrogens (tertiary/aromatic N) is 10. The fourth-order valence-corrected chi connectivity index (χ4v) is 8.39. The zero-order valence-corrected chi connectivity index (χ0v) is 40.0. The van der Waals surface area contributed by atoms with Crippen molar-refractivity contribution < 1.29 is 13.6 Å². The maximum Gasteiger partial charge on any atom is 0.191 e. The topological polar surface area (TPSA) is 114 Å². The highest BCUT2D eigenvalue weighted by Gasteiger charge is 2.26. The summed E-state index contributed by atoms with van der Waals surface area (Å²) in [5.74, 6) is 1.94. The molecule has 4 aromatic carbocycles. The van der Waals surface area contributed by atoms with Crippen molar-refractivity contribution in [2.24, 2.45) is 14.1 Å². The molecule has 8 rings (SSSR count). The highest BCUT2D eigenvalue weighted by Crippen LogP contribution is 2.31. The molecule has 0 saturated carbocycles. The number of carbonyl (C=O) groups excluding carboxylic acids is 1. The van der Waals surface area contributed by atoms with Crippen LogP contribution >= 0.6 is 35.1 Å². The number of rotatable bonds is 13. The monoisotopic (exact) mass is 932 g/mol. The quantitative estimate of drug-likeness (QED) is 0.0823. The first-order valence-corrected chi connectivity index (χ1v) is 23.3. The Labute approximate surface area is 391 Å². The summed E-state index contributed by atoms with van der Waals surface area (Å²) in [5.41, 5.74) is 7.08. The molecule has 8 aromatic rings. The second-order valence-corrected chi connectivity index (χ2v) is 19.9. The molecule has 0 fully saturated rings. The van der Waals surface area contributed by atoms with Gasteiger partial charge in [-0.1, -0.05) is 131 Å². The zero-order valence-electron chi connectivity index (χ0n) is 37.6. The number of thioether (sulfide) groups is 2. The minimum atomic E-state index is -0.275. The number of carbonyl (C=O) groups is 1. The van der Waals surface area contributed by atoms with Crippen LogP contribution in [0.4, 0.5) is 8.78 Å². The molecule has 4 aromatic heterocycles. The summed E-state index contributed by atoms with van der Waals surface area (Å²) in [6.45, 7) is 13.7. The summed E-state index contributed by atoms with van der Waals surface area (Å²) < 4.78 is 34.4. The van der Waals surface area contributed by atoms with Gasteiger partial charge in [-0.2, -0.15) is 10.2 Å². The molecular weight excluding hydrogens is 882 g/mol. The van der Waals surface area contributed by atoms with Crippen molar-refractivity contribution in [2.45, 2.75) is 81.5 Å². The lowest BCUT2D eigenvalue weighted by Gasteiger charge is -2.14. The fraction of sp³-hybridized carbons (Fsp3) is 0.286. The van der Waals surface area contributed by atoms with E-state index in [4.69, 9.17) is 21.8 Å². The smallest absolute Gasteiger partial charge is 0.191 e. The first kappa shape index (κ1) is 47.1. The van der Waals surface area contributed by atoms with E-state index in [0.29, 0.717) is 34.7 Å². The molecule has 0 radical (unpaired) electrons. The lowest BCUT2D eigenvalue weighted by molar-refractivity contribution is 0.102. The van der Waals surface area contributed by atoms with E-state index in [0.717, 1.165) is 50.6 Å². The van der Waals surface area contributed by atoms with E-state index in [2.05, 4.69) is 80.1 Å². The summed E-state index contributed by atoms with van der Waals surface area (Å²) in [5, 5.41) is 29.4. The van der Waals surface area contributed by atoms with Gasteiger partial charge in [0, 0.05) is 41.3 Å². The summed E-state index contributed by atoms with van der Waals surface area (Å²) in [4.78, 5) is 12.6. The Hall–Kier alpha value is -5.90. The van der Waals surface area contributed by atoms with Gasteiger partial charge in [0.25, 0.3) is 0 Å². The molecular formula is C49H51ClF2N10OS2. The van der Waals surface area contributed by atoms with Gasteiger partial charge in [-0.15, -0.1) is 20.4 Å². The molecule has 11 nitrogen and oxygen atoms in total. The van der Waals surface area contributed by atoms with Crippen molar-refractivity contribution in [2.75, 3.05) is 5.75 Å². The van der Waals surface area contributed by atoms with E-state index in [-0.39, 0.29) is 34.0 Å². The van der Waals surface area contributed by atoms with Gasteiger partial charge in [0.05, 0.1) is 30.2 Å². The Morgan fingerprint density at radius 2 is 1.03 bits per heavy atom. The Bertz CT molecular complexity index is 2860. The van der Waals surface area contributed by atoms with Gasteiger partial charge >= 0.3 is 0 Å². The number of ketones is 1. The van der Waals surface area contributed by atoms with Crippen LogP contribution in [0.3, 0.4) is 0 Å². The van der Waals surface area contributed by atoms with Gasteiger partial charge in [-0.05, 0) is 77.4 Å². The van der Waals surface area contributed by atoms with E-state index >= 15 is 0 Å². The first-order chi connectivity index (χ1) is 30.9. The zero-order chi connectivity index (χ0) is 46.5. The van der Waals surface area contributed by atoms with Crippen LogP contribution in [0.5, 0.6) is 0 Å². The van der Waals surface area contributed by atoms with Crippen LogP contribution < -0.4 is 0 Å². The molecule has 0 aliphatic heterocycles. The molecule has 0 atom stereocenters. The van der Waals surface area contributed by atoms with E-state index in [1.165, 1.54) is 41.6 Å². The highest BCUT2D eigenvalue weighted by atomic mass is 35.5. The molecule has 0 aliphatic carbocycles. The molecule has 0 saturated heterocycles. The molecule has 0 aliphatic rings. The summed E-state index contributed by atoms with van der Waals surface area (Å²) in [6, 6.07) is 34.2. The third-order valence-electron chi connectivity index (χ3n) is 10.4. The van der Waals surface area contributed by atoms with Crippen LogP contribution in [0.2, 0.25) is 5.02 Å². The lowest BCUT2D eigenvalue weighted by atomic mass is 9.92. The predicted molar refractivity (Wildman–Crippen MR) is 255 cm³/mol. The molecule has 16 heteroatoms. The average Bonchev–Trinajstić information content (AvgIpc) is 4.07. The normalized spacial score (nSPS) is 11.7. The van der Waals surface area contributed by atoms with E-state index < -0.39 is 0 Å². The Balaban J connectivity index is 0.000000195. The number of benzene rings is 4. The van der Waals surface area contributed by atoms with Crippen molar-refractivity contribution in [1.29, 1.82) is 0 Å². The van der Waals surface area contributed by atoms with Gasteiger partial charge in [0.15, 0.2) is 27.7 Å². The fourth-order valence-electron chi connectivity index (χ4n) is 6.59. The van der Waals surface area contributed by atoms with Crippen molar-refractivity contribution in [3.63, 3.8) is 0 Å². The number of hydrogen-bond acceptors (Lipinski definition) is 9. The number of halogens is 3. The second-order valence-electron chi connectivity index (χ2n) is 17.6. The largest absolute Gasteiger partial charge is 0.304 e. The van der Waals surface area contributed by atoms with Crippen molar-refractivity contribution in [3.05, 3.63) is 166 Å². The standard InChI is InChI=1S/C25H25ClFN5OS.C24H26FN5S/c1-25(2,3)22-13-20(32(30-22)14-16-5-11-19(27)12-6-16)23-28-29-24(31(23)4)34-15-21(33)17-7-9-18(26)10-8-17;1-24(2,3)21-14-20(30(28-21)15-17-10-12-19(25)13-11-17)22-26-27-23(29(22)4)31-16-18-8-6-5-7-9-18/h5-13H,14-15H2,1-4H3;5-14H,15-16H2,1-4H3. The summed E-state index contributed by atoms with van der Waals surface area (Å²) in [7, 11) is 3.85. The number of Topliss-reactive ketones (excluding diaryl/α,β-unsaturated/α-hetero) is 1. The van der Waals surface area contributed by atoms with Crippen molar-refractivity contribution >= 4 is 40.9 Å². The molecule has 4 heterocycles. The van der Waals surface area contributed by atoms with Gasteiger partial charge in [-0.3, -0.25) is 14.2 Å². The number of aromatic nitrogens is 10. The molecule has 336 valence electrons. The second kappa shape index (κ2) is 20.1. The van der Waals surface area contributed by atoms with Crippen LogP contribution in [-0.2, 0) is 43.8 Å². The van der Waals surface area contributed by atoms with Crippen molar-refractivity contribution in [3.8, 4) is 23.0 Å². The summed E-state index contributed by atoms with van der Waals surface area (Å²) >= 11 is 8.90. The minimum Gasteiger partial charge on any atom is -0.304 e. The van der Waals surface area contributed by atoms with Crippen LogP contribution in [0.15, 0.2) is 126 Å². The van der Waals surface area contributed by atoms with E-state index in [1.807, 2.05) is 56.9 Å². The van der Waals surface area contributed by atoms with Crippen LogP contribution in [-0.4, -0.2) is 60.6 Å². The van der Waals surface area contributed by atoms with Crippen LogP contribution in [0.25, 0.3) is 23.0 Å². The Kier molecular flexibility index (Phi) is 14.6. The maximum atomic E-state index is 13.4. The molecule has 0 N–H and O–H groups in total. The third-order valence-corrected chi connectivity index (χ3v) is 12.8. The Morgan fingerprint density at radius 1 is 0.585 bits per heavy atom. The van der Waals surface area contributed by atoms with Gasteiger partial charge in [0.2, 0.25) is 0 Å². The third kappa shape index (κ3) is 11.9. The highest BCUT2D eigenvalue weighted by molar-refractivity contribution is 7.99. The Morgan fingerprint density at radius 3 is 1.48 bits per heavy atom. The lowest BCUT2D eigenvalue weighted by Crippen LogP contribution is -2.13. The molecule has 0 unspecified atom stereocenters.